The summed E-state index contributed by atoms with van der Waals surface area (Å²) >= 11 is 1.87. The van der Waals surface area contributed by atoms with E-state index in [1.54, 1.807) is 11.9 Å². The van der Waals surface area contributed by atoms with Crippen molar-refractivity contribution < 1.29 is 9.59 Å². The van der Waals surface area contributed by atoms with Gasteiger partial charge in [-0.15, -0.1) is 0 Å². The molecule has 0 aromatic heterocycles. The molecule has 0 aliphatic carbocycles. The van der Waals surface area contributed by atoms with Crippen LogP contribution in [0.25, 0.3) is 0 Å². The zero-order chi connectivity index (χ0) is 18.4. The van der Waals surface area contributed by atoms with Crippen molar-refractivity contribution in [1.82, 2.24) is 4.90 Å². The van der Waals surface area contributed by atoms with Crippen LogP contribution in [-0.4, -0.2) is 48.5 Å². The van der Waals surface area contributed by atoms with Crippen LogP contribution in [0.5, 0.6) is 0 Å². The van der Waals surface area contributed by atoms with Crippen molar-refractivity contribution in [2.75, 3.05) is 41.9 Å². The van der Waals surface area contributed by atoms with E-state index in [-0.39, 0.29) is 11.9 Å². The van der Waals surface area contributed by atoms with Crippen LogP contribution < -0.4 is 10.2 Å². The third kappa shape index (κ3) is 4.79. The molecule has 6 heteroatoms. The lowest BCUT2D eigenvalue weighted by Crippen LogP contribution is -2.40. The predicted octanol–water partition coefficient (Wildman–Crippen LogP) is 3.47. The van der Waals surface area contributed by atoms with Crippen LogP contribution in [0.2, 0.25) is 0 Å². The van der Waals surface area contributed by atoms with E-state index in [1.165, 1.54) is 0 Å². The van der Waals surface area contributed by atoms with E-state index in [2.05, 4.69) is 5.32 Å². The average Bonchev–Trinajstić information content (AvgIpc) is 2.70. The van der Waals surface area contributed by atoms with Gasteiger partial charge in [0, 0.05) is 43.0 Å². The number of nitrogens with zero attached hydrogens (tertiary/aromatic N) is 2. The van der Waals surface area contributed by atoms with Gasteiger partial charge in [-0.25, -0.2) is 4.79 Å². The van der Waals surface area contributed by atoms with E-state index in [0.29, 0.717) is 6.42 Å². The number of carbonyl (C=O) groups is 2. The number of hydrogen-bond donors (Lipinski definition) is 1. The molecule has 0 atom stereocenters. The van der Waals surface area contributed by atoms with Crippen LogP contribution in [0.4, 0.5) is 16.2 Å². The molecule has 3 amide bonds. The fraction of sp³-hybridized carbons (Fsp3) is 0.300. The van der Waals surface area contributed by atoms with Crippen molar-refractivity contribution in [3.8, 4) is 0 Å². The molecule has 136 valence electrons. The van der Waals surface area contributed by atoms with Gasteiger partial charge in [-0.05, 0) is 29.8 Å². The van der Waals surface area contributed by atoms with Crippen molar-refractivity contribution in [2.24, 2.45) is 0 Å². The highest BCUT2D eigenvalue weighted by molar-refractivity contribution is 7.99. The zero-order valence-corrected chi connectivity index (χ0v) is 15.7. The molecule has 1 aliphatic rings. The smallest absolute Gasteiger partial charge is 0.321 e. The van der Waals surface area contributed by atoms with Crippen LogP contribution >= 0.6 is 11.8 Å². The number of likely N-dealkylation sites (N-methyl/N-ethyl adjacent to an activating group) is 1. The number of carbonyl (C=O) groups excluding carboxylic acids is 2. The molecular weight excluding hydrogens is 346 g/mol. The third-order valence-corrected chi connectivity index (χ3v) is 5.32. The fourth-order valence-corrected chi connectivity index (χ4v) is 3.67. The Kier molecular flexibility index (Phi) is 6.17. The number of para-hydroxylation sites is 1. The summed E-state index contributed by atoms with van der Waals surface area (Å²) in [6.45, 7) is 1.57. The van der Waals surface area contributed by atoms with Crippen molar-refractivity contribution >= 4 is 35.1 Å². The molecular formula is C20H23N3O2S. The van der Waals surface area contributed by atoms with E-state index in [1.807, 2.05) is 71.3 Å². The van der Waals surface area contributed by atoms with Gasteiger partial charge < -0.3 is 15.1 Å². The Morgan fingerprint density at radius 2 is 1.69 bits per heavy atom. The summed E-state index contributed by atoms with van der Waals surface area (Å²) in [6.07, 6.45) is 0.322. The molecule has 0 spiro atoms. The topological polar surface area (TPSA) is 52.7 Å². The minimum atomic E-state index is -0.0575. The molecule has 1 N–H and O–H groups in total. The van der Waals surface area contributed by atoms with Gasteiger partial charge in [0.05, 0.1) is 6.42 Å². The van der Waals surface area contributed by atoms with Gasteiger partial charge in [-0.2, -0.15) is 11.8 Å². The number of benzene rings is 2. The largest absolute Gasteiger partial charge is 0.323 e. The summed E-state index contributed by atoms with van der Waals surface area (Å²) in [5.41, 5.74) is 2.55. The summed E-state index contributed by atoms with van der Waals surface area (Å²) < 4.78 is 0. The summed E-state index contributed by atoms with van der Waals surface area (Å²) in [6, 6.07) is 17.0. The van der Waals surface area contributed by atoms with Crippen LogP contribution in [0.3, 0.4) is 0 Å². The molecule has 2 aromatic rings. The van der Waals surface area contributed by atoms with E-state index < -0.39 is 0 Å². The first-order chi connectivity index (χ1) is 12.6. The number of rotatable bonds is 4. The molecule has 3 rings (SSSR count). The molecule has 5 nitrogen and oxygen atoms in total. The van der Waals surface area contributed by atoms with Crippen LogP contribution in [0.15, 0.2) is 54.6 Å². The number of hydrogen-bond acceptors (Lipinski definition) is 3. The highest BCUT2D eigenvalue weighted by Gasteiger charge is 2.16. The minimum Gasteiger partial charge on any atom is -0.323 e. The summed E-state index contributed by atoms with van der Waals surface area (Å²) in [5, 5.41) is 2.92. The maximum atomic E-state index is 12.4. The molecule has 1 fully saturated rings. The van der Waals surface area contributed by atoms with Crippen LogP contribution in [0.1, 0.15) is 5.56 Å². The first-order valence-electron chi connectivity index (χ1n) is 8.68. The number of nitrogens with one attached hydrogen (secondary N) is 1. The predicted molar refractivity (Wildman–Crippen MR) is 108 cm³/mol. The highest BCUT2D eigenvalue weighted by atomic mass is 32.2. The molecule has 0 saturated carbocycles. The maximum absolute atomic E-state index is 12.4. The van der Waals surface area contributed by atoms with Gasteiger partial charge in [0.25, 0.3) is 0 Å². The monoisotopic (exact) mass is 369 g/mol. The second-order valence-electron chi connectivity index (χ2n) is 6.19. The number of thioether (sulfide) groups is 1. The fourth-order valence-electron chi connectivity index (χ4n) is 2.76. The normalized spacial score (nSPS) is 14.0. The number of amides is 3. The SMILES string of the molecule is CN(C(=O)Cc1ccc(NC(=O)N2CCSCC2)cc1)c1ccccc1. The van der Waals surface area contributed by atoms with Gasteiger partial charge in [0.2, 0.25) is 5.91 Å². The van der Waals surface area contributed by atoms with Gasteiger partial charge in [-0.3, -0.25) is 4.79 Å². The number of anilines is 2. The van der Waals surface area contributed by atoms with Gasteiger partial charge in [0.1, 0.15) is 0 Å². The summed E-state index contributed by atoms with van der Waals surface area (Å²) in [5.74, 6) is 2.01. The molecule has 0 radical (unpaired) electrons. The second kappa shape index (κ2) is 8.76. The Morgan fingerprint density at radius 1 is 1.04 bits per heavy atom. The molecule has 26 heavy (non-hydrogen) atoms. The lowest BCUT2D eigenvalue weighted by molar-refractivity contribution is -0.117. The van der Waals surface area contributed by atoms with Crippen molar-refractivity contribution in [3.63, 3.8) is 0 Å². The average molecular weight is 369 g/mol. The van der Waals surface area contributed by atoms with Crippen molar-refractivity contribution in [2.45, 2.75) is 6.42 Å². The summed E-state index contributed by atoms with van der Waals surface area (Å²) in [7, 11) is 1.78. The summed E-state index contributed by atoms with van der Waals surface area (Å²) in [4.78, 5) is 28.1. The maximum Gasteiger partial charge on any atom is 0.321 e. The second-order valence-corrected chi connectivity index (χ2v) is 7.42. The lowest BCUT2D eigenvalue weighted by atomic mass is 10.1. The molecule has 0 bridgehead atoms. The van der Waals surface area contributed by atoms with Gasteiger partial charge >= 0.3 is 6.03 Å². The first-order valence-corrected chi connectivity index (χ1v) is 9.83. The van der Waals surface area contributed by atoms with Gasteiger partial charge in [-0.1, -0.05) is 30.3 Å². The van der Waals surface area contributed by atoms with E-state index >= 15 is 0 Å². The van der Waals surface area contributed by atoms with E-state index in [4.69, 9.17) is 0 Å². The highest BCUT2D eigenvalue weighted by Crippen LogP contribution is 2.16. The standard InChI is InChI=1S/C20H23N3O2S/c1-22(18-5-3-2-4-6-18)19(24)15-16-7-9-17(10-8-16)21-20(25)23-11-13-26-14-12-23/h2-10H,11-15H2,1H3,(H,21,25). The van der Waals surface area contributed by atoms with E-state index in [9.17, 15) is 9.59 Å². The van der Waals surface area contributed by atoms with Crippen LogP contribution in [-0.2, 0) is 11.2 Å². The lowest BCUT2D eigenvalue weighted by Gasteiger charge is -2.26. The molecule has 0 unspecified atom stereocenters. The van der Waals surface area contributed by atoms with Crippen molar-refractivity contribution in [1.29, 1.82) is 0 Å². The van der Waals surface area contributed by atoms with Crippen LogP contribution in [0, 0.1) is 0 Å². The molecule has 1 saturated heterocycles. The van der Waals surface area contributed by atoms with Gasteiger partial charge in [0.15, 0.2) is 0 Å². The Bertz CT molecular complexity index is 743. The quantitative estimate of drug-likeness (QED) is 0.898. The Hall–Kier alpha value is -2.47. The Morgan fingerprint density at radius 3 is 2.35 bits per heavy atom. The Balaban J connectivity index is 1.55. The minimum absolute atomic E-state index is 0.0267. The molecule has 1 aliphatic heterocycles. The first kappa shape index (κ1) is 18.3. The van der Waals surface area contributed by atoms with Crippen molar-refractivity contribution in [3.05, 3.63) is 60.2 Å². The zero-order valence-electron chi connectivity index (χ0n) is 14.9. The molecule has 1 heterocycles. The van der Waals surface area contributed by atoms with E-state index in [0.717, 1.165) is 41.5 Å². The third-order valence-electron chi connectivity index (χ3n) is 4.38. The number of urea groups is 1. The Labute approximate surface area is 158 Å². The molecule has 2 aromatic carbocycles.